The Hall–Kier alpha value is -0.0400. The summed E-state index contributed by atoms with van der Waals surface area (Å²) in [4.78, 5) is 0. The summed E-state index contributed by atoms with van der Waals surface area (Å²) in [7, 11) is 0. The minimum atomic E-state index is 0.450. The molecular weight excluding hydrogens is 278 g/mol. The van der Waals surface area contributed by atoms with Crippen molar-refractivity contribution >= 4 is 0 Å². The lowest BCUT2D eigenvalue weighted by molar-refractivity contribution is -0.0503. The molecule has 3 atom stereocenters. The van der Waals surface area contributed by atoms with Crippen molar-refractivity contribution in [2.24, 2.45) is 22.5 Å². The maximum atomic E-state index is 6.63. The fourth-order valence-corrected chi connectivity index (χ4v) is 6.27. The van der Waals surface area contributed by atoms with Crippen LogP contribution in [0, 0.1) is 16.7 Å². The van der Waals surface area contributed by atoms with Gasteiger partial charge < -0.3 is 5.73 Å². The molecule has 2 fully saturated rings. The highest BCUT2D eigenvalue weighted by atomic mass is 14.7. The molecule has 136 valence electrons. The van der Waals surface area contributed by atoms with Gasteiger partial charge in [0, 0.05) is 6.04 Å². The quantitative estimate of drug-likeness (QED) is 0.551. The van der Waals surface area contributed by atoms with Gasteiger partial charge >= 0.3 is 0 Å². The smallest absolute Gasteiger partial charge is 0.00444 e. The Morgan fingerprint density at radius 1 is 0.913 bits per heavy atom. The van der Waals surface area contributed by atoms with Gasteiger partial charge in [-0.1, -0.05) is 78.6 Å². The van der Waals surface area contributed by atoms with Crippen LogP contribution in [0.25, 0.3) is 0 Å². The van der Waals surface area contributed by atoms with E-state index in [9.17, 15) is 0 Å². The van der Waals surface area contributed by atoms with Crippen molar-refractivity contribution < 1.29 is 0 Å². The summed E-state index contributed by atoms with van der Waals surface area (Å²) in [5.74, 6) is 0.934. The van der Waals surface area contributed by atoms with E-state index in [-0.39, 0.29) is 0 Å². The van der Waals surface area contributed by atoms with Crippen LogP contribution >= 0.6 is 0 Å². The maximum absolute atomic E-state index is 6.63. The summed E-state index contributed by atoms with van der Waals surface area (Å²) in [5.41, 5.74) is 7.65. The number of hydrogen-bond donors (Lipinski definition) is 1. The van der Waals surface area contributed by atoms with Crippen LogP contribution in [0.1, 0.15) is 117 Å². The van der Waals surface area contributed by atoms with Crippen LogP contribution in [0.3, 0.4) is 0 Å². The van der Waals surface area contributed by atoms with E-state index in [0.717, 1.165) is 5.92 Å². The molecule has 0 spiro atoms. The second kappa shape index (κ2) is 8.88. The van der Waals surface area contributed by atoms with E-state index in [1.54, 1.807) is 0 Å². The average molecular weight is 322 g/mol. The van der Waals surface area contributed by atoms with E-state index in [2.05, 4.69) is 20.8 Å². The molecule has 0 radical (unpaired) electrons. The highest BCUT2D eigenvalue weighted by Crippen LogP contribution is 2.59. The lowest BCUT2D eigenvalue weighted by Crippen LogP contribution is -2.48. The van der Waals surface area contributed by atoms with Crippen LogP contribution in [-0.2, 0) is 0 Å². The fraction of sp³-hybridized carbons (Fsp3) is 1.00. The molecule has 0 bridgehead atoms. The molecule has 2 saturated carbocycles. The van der Waals surface area contributed by atoms with Gasteiger partial charge in [0.05, 0.1) is 0 Å². The Balaban J connectivity index is 2.35. The molecule has 0 aromatic rings. The van der Waals surface area contributed by atoms with Gasteiger partial charge in [0.2, 0.25) is 0 Å². The van der Waals surface area contributed by atoms with E-state index in [1.165, 1.54) is 96.3 Å². The largest absolute Gasteiger partial charge is 0.328 e. The van der Waals surface area contributed by atoms with Gasteiger partial charge in [-0.25, -0.2) is 0 Å². The summed E-state index contributed by atoms with van der Waals surface area (Å²) < 4.78 is 0. The first-order chi connectivity index (χ1) is 11.1. The first-order valence-corrected chi connectivity index (χ1v) is 10.8. The van der Waals surface area contributed by atoms with Crippen LogP contribution < -0.4 is 5.73 Å². The molecule has 0 aromatic carbocycles. The maximum Gasteiger partial charge on any atom is 0.00444 e. The molecule has 0 saturated heterocycles. The van der Waals surface area contributed by atoms with Crippen LogP contribution in [0.2, 0.25) is 0 Å². The Labute approximate surface area is 146 Å². The van der Waals surface area contributed by atoms with Crippen molar-refractivity contribution in [1.29, 1.82) is 0 Å². The Morgan fingerprint density at radius 3 is 2.13 bits per heavy atom. The molecule has 0 aliphatic heterocycles. The van der Waals surface area contributed by atoms with Gasteiger partial charge in [0.1, 0.15) is 0 Å². The molecule has 2 N–H and O–H groups in total. The van der Waals surface area contributed by atoms with Crippen LogP contribution in [0.15, 0.2) is 0 Å². The normalized spacial score (nSPS) is 34.2. The van der Waals surface area contributed by atoms with Gasteiger partial charge in [0.25, 0.3) is 0 Å². The highest BCUT2D eigenvalue weighted by molar-refractivity contribution is 5.02. The van der Waals surface area contributed by atoms with E-state index in [4.69, 9.17) is 5.73 Å². The van der Waals surface area contributed by atoms with Crippen molar-refractivity contribution in [3.63, 3.8) is 0 Å². The standard InChI is InChI=1S/C22H43N/c1-4-16-21(3,5-2)22(17-12-11-15-20(23)18-22)19-13-9-7-6-8-10-14-19/h19-20H,4-18,23H2,1-3H3. The summed E-state index contributed by atoms with van der Waals surface area (Å²) in [6.07, 6.45) is 21.2. The first kappa shape index (κ1) is 19.3. The minimum Gasteiger partial charge on any atom is -0.328 e. The van der Waals surface area contributed by atoms with Gasteiger partial charge in [0.15, 0.2) is 0 Å². The van der Waals surface area contributed by atoms with Crippen molar-refractivity contribution in [1.82, 2.24) is 0 Å². The summed E-state index contributed by atoms with van der Waals surface area (Å²) in [6.45, 7) is 7.47. The molecule has 0 amide bonds. The lowest BCUT2D eigenvalue weighted by Gasteiger charge is -2.55. The molecule has 23 heavy (non-hydrogen) atoms. The number of rotatable bonds is 5. The van der Waals surface area contributed by atoms with Gasteiger partial charge in [-0.05, 0) is 55.3 Å². The third kappa shape index (κ3) is 4.33. The van der Waals surface area contributed by atoms with Crippen molar-refractivity contribution in [3.8, 4) is 0 Å². The van der Waals surface area contributed by atoms with E-state index in [0.29, 0.717) is 16.9 Å². The third-order valence-corrected chi connectivity index (χ3v) is 7.75. The van der Waals surface area contributed by atoms with E-state index >= 15 is 0 Å². The Morgan fingerprint density at radius 2 is 1.52 bits per heavy atom. The zero-order valence-electron chi connectivity index (χ0n) is 16.3. The molecule has 0 aromatic heterocycles. The average Bonchev–Trinajstić information content (AvgIpc) is 2.70. The molecule has 1 heteroatoms. The van der Waals surface area contributed by atoms with Gasteiger partial charge in [-0.15, -0.1) is 0 Å². The molecule has 2 aliphatic carbocycles. The minimum absolute atomic E-state index is 0.450. The van der Waals surface area contributed by atoms with E-state index < -0.39 is 0 Å². The molecule has 0 heterocycles. The zero-order valence-corrected chi connectivity index (χ0v) is 16.3. The first-order valence-electron chi connectivity index (χ1n) is 10.8. The lowest BCUT2D eigenvalue weighted by atomic mass is 9.50. The van der Waals surface area contributed by atoms with E-state index in [1.807, 2.05) is 0 Å². The SMILES string of the molecule is CCCC(C)(CC)C1(C2CCCCCCC2)CCCCC(N)C1. The van der Waals surface area contributed by atoms with Crippen LogP contribution in [-0.4, -0.2) is 6.04 Å². The molecule has 2 aliphatic rings. The number of nitrogens with two attached hydrogens (primary N) is 1. The molecule has 1 nitrogen and oxygen atoms in total. The summed E-state index contributed by atoms with van der Waals surface area (Å²) in [6, 6.07) is 0.450. The third-order valence-electron chi connectivity index (χ3n) is 7.75. The summed E-state index contributed by atoms with van der Waals surface area (Å²) >= 11 is 0. The Kier molecular flexibility index (Phi) is 7.45. The predicted octanol–water partition coefficient (Wildman–Crippen LogP) is 6.84. The highest BCUT2D eigenvalue weighted by Gasteiger charge is 2.51. The van der Waals surface area contributed by atoms with Crippen molar-refractivity contribution in [2.45, 2.75) is 123 Å². The topological polar surface area (TPSA) is 26.0 Å². The van der Waals surface area contributed by atoms with Crippen molar-refractivity contribution in [3.05, 3.63) is 0 Å². The predicted molar refractivity (Wildman–Crippen MR) is 103 cm³/mol. The van der Waals surface area contributed by atoms with Crippen molar-refractivity contribution in [2.75, 3.05) is 0 Å². The number of hydrogen-bond acceptors (Lipinski definition) is 1. The second-order valence-corrected chi connectivity index (χ2v) is 9.07. The summed E-state index contributed by atoms with van der Waals surface area (Å²) in [5, 5.41) is 0. The molecule has 3 unspecified atom stereocenters. The monoisotopic (exact) mass is 321 g/mol. The fourth-order valence-electron chi connectivity index (χ4n) is 6.27. The molecular formula is C22H43N. The Bertz CT molecular complexity index is 331. The second-order valence-electron chi connectivity index (χ2n) is 9.07. The van der Waals surface area contributed by atoms with Gasteiger partial charge in [-0.2, -0.15) is 0 Å². The zero-order chi connectivity index (χ0) is 16.8. The van der Waals surface area contributed by atoms with Crippen LogP contribution in [0.5, 0.6) is 0 Å². The molecule has 2 rings (SSSR count). The van der Waals surface area contributed by atoms with Crippen LogP contribution in [0.4, 0.5) is 0 Å². The van der Waals surface area contributed by atoms with Gasteiger partial charge in [-0.3, -0.25) is 0 Å².